The van der Waals surface area contributed by atoms with E-state index in [0.717, 1.165) is 12.1 Å². The van der Waals surface area contributed by atoms with E-state index >= 15 is 0 Å². The molecule has 0 atom stereocenters. The van der Waals surface area contributed by atoms with E-state index < -0.39 is 29.8 Å². The van der Waals surface area contributed by atoms with Gasteiger partial charge in [0.2, 0.25) is 5.91 Å². The van der Waals surface area contributed by atoms with E-state index in [2.05, 4.69) is 15.3 Å². The van der Waals surface area contributed by atoms with Gasteiger partial charge in [-0.1, -0.05) is 11.3 Å². The monoisotopic (exact) mass is 473 g/mol. The fourth-order valence-corrected chi connectivity index (χ4v) is 4.59. The Kier molecular flexibility index (Phi) is 5.60. The number of halogens is 2. The molecule has 1 fully saturated rings. The number of benzene rings is 1. The number of carbonyl (C=O) groups excluding carboxylic acids is 1. The van der Waals surface area contributed by atoms with Gasteiger partial charge in [-0.05, 0) is 24.3 Å². The average Bonchev–Trinajstić information content (AvgIpc) is 3.49. The molecule has 3 aromatic heterocycles. The van der Waals surface area contributed by atoms with Gasteiger partial charge in [-0.25, -0.2) is 18.6 Å². The Morgan fingerprint density at radius 1 is 1.18 bits per heavy atom. The van der Waals surface area contributed by atoms with Crippen molar-refractivity contribution >= 4 is 38.4 Å². The number of furan rings is 1. The molecule has 1 N–H and O–H groups in total. The minimum absolute atomic E-state index is 0.191. The van der Waals surface area contributed by atoms with Crippen LogP contribution in [0.3, 0.4) is 0 Å². The topological polar surface area (TPSA) is 102 Å². The largest absolute Gasteiger partial charge is 0.463 e. The van der Waals surface area contributed by atoms with Gasteiger partial charge < -0.3 is 19.4 Å². The predicted octanol–water partition coefficient (Wildman–Crippen LogP) is 2.87. The molecule has 1 saturated heterocycles. The smallest absolute Gasteiger partial charge is 0.349 e. The number of carbonyl (C=O) groups is 1. The Hall–Kier alpha value is -3.64. The second kappa shape index (κ2) is 8.71. The van der Waals surface area contributed by atoms with Crippen LogP contribution in [-0.4, -0.2) is 46.7 Å². The number of fused-ring (bicyclic) bond motifs is 1. The Labute approximate surface area is 189 Å². The summed E-state index contributed by atoms with van der Waals surface area (Å²) in [5, 5.41) is 3.02. The molecule has 1 aromatic carbocycles. The summed E-state index contributed by atoms with van der Waals surface area (Å²) in [6.45, 7) is 1.95. The van der Waals surface area contributed by atoms with Gasteiger partial charge in [0, 0.05) is 19.2 Å². The second-order valence-electron chi connectivity index (χ2n) is 7.23. The van der Waals surface area contributed by atoms with Crippen LogP contribution >= 0.6 is 11.3 Å². The first-order chi connectivity index (χ1) is 16.0. The standard InChI is InChI=1S/C21H17F2N5O4S/c22-12-3-4-14(13(23)10-12)24-16(29)11-28-19-18(17(25-20(28)30)15-2-1-7-32-15)26-21(33-19)27-5-8-31-9-6-27/h1-4,7,10H,5-6,8-9,11H2,(H,24,29). The lowest BCUT2D eigenvalue weighted by Crippen LogP contribution is -2.36. The fraction of sp³-hybridized carbons (Fsp3) is 0.238. The Balaban J connectivity index is 1.54. The summed E-state index contributed by atoms with van der Waals surface area (Å²) >= 11 is 1.25. The second-order valence-corrected chi connectivity index (χ2v) is 8.18. The molecule has 0 spiro atoms. The molecular formula is C21H17F2N5O4S. The molecule has 33 heavy (non-hydrogen) atoms. The van der Waals surface area contributed by atoms with Crippen molar-refractivity contribution in [2.45, 2.75) is 6.54 Å². The number of nitrogens with one attached hydrogen (secondary N) is 1. The lowest BCUT2D eigenvalue weighted by Gasteiger charge is -2.25. The molecule has 4 aromatic rings. The van der Waals surface area contributed by atoms with E-state index in [1.54, 1.807) is 12.1 Å². The molecule has 0 aliphatic carbocycles. The van der Waals surface area contributed by atoms with Gasteiger partial charge in [0.1, 0.15) is 34.2 Å². The van der Waals surface area contributed by atoms with E-state index in [4.69, 9.17) is 9.15 Å². The third kappa shape index (κ3) is 4.22. The number of anilines is 2. The first-order valence-electron chi connectivity index (χ1n) is 10.0. The summed E-state index contributed by atoms with van der Waals surface area (Å²) in [5.41, 5.74) is -0.182. The lowest BCUT2D eigenvalue weighted by molar-refractivity contribution is -0.116. The third-order valence-electron chi connectivity index (χ3n) is 5.05. The third-order valence-corrected chi connectivity index (χ3v) is 6.19. The lowest BCUT2D eigenvalue weighted by atomic mass is 10.3. The van der Waals surface area contributed by atoms with Crippen LogP contribution in [0, 0.1) is 11.6 Å². The molecule has 1 aliphatic heterocycles. The highest BCUT2D eigenvalue weighted by molar-refractivity contribution is 7.22. The number of ether oxygens (including phenoxy) is 1. The van der Waals surface area contributed by atoms with Gasteiger partial charge in [-0.15, -0.1) is 0 Å². The maximum atomic E-state index is 13.9. The highest BCUT2D eigenvalue weighted by Gasteiger charge is 2.23. The minimum atomic E-state index is -0.917. The summed E-state index contributed by atoms with van der Waals surface area (Å²) in [6, 6.07) is 6.15. The molecule has 5 rings (SSSR count). The van der Waals surface area contributed by atoms with E-state index in [-0.39, 0.29) is 11.4 Å². The number of morpholine rings is 1. The van der Waals surface area contributed by atoms with Crippen LogP contribution in [-0.2, 0) is 16.1 Å². The maximum Gasteiger partial charge on any atom is 0.349 e. The van der Waals surface area contributed by atoms with Gasteiger partial charge in [0.25, 0.3) is 0 Å². The van der Waals surface area contributed by atoms with Crippen LogP contribution in [0.25, 0.3) is 21.8 Å². The maximum absolute atomic E-state index is 13.9. The van der Waals surface area contributed by atoms with E-state index in [9.17, 15) is 18.4 Å². The van der Waals surface area contributed by atoms with Crippen molar-refractivity contribution in [1.29, 1.82) is 0 Å². The zero-order valence-corrected chi connectivity index (χ0v) is 17.9. The Morgan fingerprint density at radius 2 is 2.00 bits per heavy atom. The van der Waals surface area contributed by atoms with Gasteiger partial charge in [0.15, 0.2) is 10.9 Å². The fourth-order valence-electron chi connectivity index (χ4n) is 3.47. The number of hydrogen-bond acceptors (Lipinski definition) is 8. The number of thiazole rings is 1. The van der Waals surface area contributed by atoms with Crippen LogP contribution in [0.1, 0.15) is 0 Å². The summed E-state index contributed by atoms with van der Waals surface area (Å²) < 4.78 is 39.1. The normalized spacial score (nSPS) is 14.1. The number of hydrogen-bond donors (Lipinski definition) is 1. The zero-order chi connectivity index (χ0) is 22.9. The highest BCUT2D eigenvalue weighted by Crippen LogP contribution is 2.33. The summed E-state index contributed by atoms with van der Waals surface area (Å²) in [4.78, 5) is 36.7. The quantitative estimate of drug-likeness (QED) is 0.476. The average molecular weight is 473 g/mol. The first-order valence-corrected chi connectivity index (χ1v) is 10.8. The number of amides is 1. The summed E-state index contributed by atoms with van der Waals surface area (Å²) in [6.07, 6.45) is 1.47. The van der Waals surface area contributed by atoms with Gasteiger partial charge >= 0.3 is 5.69 Å². The van der Waals surface area contributed by atoms with Crippen molar-refractivity contribution in [3.8, 4) is 11.5 Å². The molecule has 12 heteroatoms. The molecule has 0 radical (unpaired) electrons. The van der Waals surface area contributed by atoms with Gasteiger partial charge in [0.05, 0.1) is 25.2 Å². The van der Waals surface area contributed by atoms with Crippen molar-refractivity contribution in [2.24, 2.45) is 0 Å². The predicted molar refractivity (Wildman–Crippen MR) is 117 cm³/mol. The van der Waals surface area contributed by atoms with E-state index in [1.807, 2.05) is 4.90 Å². The zero-order valence-electron chi connectivity index (χ0n) is 17.1. The molecule has 0 unspecified atom stereocenters. The van der Waals surface area contributed by atoms with Crippen LogP contribution in [0.5, 0.6) is 0 Å². The van der Waals surface area contributed by atoms with E-state index in [1.165, 1.54) is 22.2 Å². The van der Waals surface area contributed by atoms with Gasteiger partial charge in [-0.2, -0.15) is 4.98 Å². The van der Waals surface area contributed by atoms with Crippen LogP contribution in [0.4, 0.5) is 19.6 Å². The van der Waals surface area contributed by atoms with E-state index in [0.29, 0.717) is 53.6 Å². The first kappa shape index (κ1) is 21.2. The minimum Gasteiger partial charge on any atom is -0.463 e. The molecular weight excluding hydrogens is 456 g/mol. The number of nitrogens with zero attached hydrogens (tertiary/aromatic N) is 4. The summed E-state index contributed by atoms with van der Waals surface area (Å²) in [7, 11) is 0. The van der Waals surface area contributed by atoms with Crippen molar-refractivity contribution in [1.82, 2.24) is 14.5 Å². The highest BCUT2D eigenvalue weighted by atomic mass is 32.1. The van der Waals surface area contributed by atoms with Crippen molar-refractivity contribution in [3.63, 3.8) is 0 Å². The van der Waals surface area contributed by atoms with Crippen molar-refractivity contribution in [2.75, 3.05) is 36.5 Å². The Bertz CT molecular complexity index is 1380. The number of rotatable bonds is 5. The Morgan fingerprint density at radius 3 is 2.73 bits per heavy atom. The molecule has 1 amide bonds. The SMILES string of the molecule is O=C(Cn1c(=O)nc(-c2ccco2)c2nc(N3CCOCC3)sc21)Nc1ccc(F)cc1F. The van der Waals surface area contributed by atoms with Crippen LogP contribution in [0.2, 0.25) is 0 Å². The molecule has 0 saturated carbocycles. The van der Waals surface area contributed by atoms with Crippen LogP contribution in [0.15, 0.2) is 45.8 Å². The van der Waals surface area contributed by atoms with Gasteiger partial charge in [-0.3, -0.25) is 9.36 Å². The molecule has 9 nitrogen and oxygen atoms in total. The van der Waals surface area contributed by atoms with Crippen molar-refractivity contribution in [3.05, 3.63) is 58.7 Å². The molecule has 170 valence electrons. The summed E-state index contributed by atoms with van der Waals surface area (Å²) in [5.74, 6) is -1.97. The molecule has 1 aliphatic rings. The van der Waals surface area contributed by atoms with Crippen LogP contribution < -0.4 is 15.9 Å². The number of aromatic nitrogens is 3. The molecule has 0 bridgehead atoms. The van der Waals surface area contributed by atoms with Crippen molar-refractivity contribution < 1.29 is 22.7 Å². The molecule has 4 heterocycles.